The second kappa shape index (κ2) is 9.59. The molecule has 4 aromatic rings. The number of aromatic nitrogens is 3. The summed E-state index contributed by atoms with van der Waals surface area (Å²) < 4.78 is 30.0. The predicted molar refractivity (Wildman–Crippen MR) is 143 cm³/mol. The van der Waals surface area contributed by atoms with Crippen LogP contribution in [0.25, 0.3) is 15.3 Å². The van der Waals surface area contributed by atoms with Gasteiger partial charge in [0.05, 0.1) is 25.8 Å². The maximum absolute atomic E-state index is 13.0. The normalized spacial score (nSPS) is 16.9. The summed E-state index contributed by atoms with van der Waals surface area (Å²) >= 11 is 7.76. The van der Waals surface area contributed by atoms with Gasteiger partial charge in [0.1, 0.15) is 5.82 Å². The Kier molecular flexibility index (Phi) is 6.63. The Hall–Kier alpha value is -2.79. The summed E-state index contributed by atoms with van der Waals surface area (Å²) in [4.78, 5) is 17.9. The molecule has 8 nitrogen and oxygen atoms in total. The minimum absolute atomic E-state index is 0.191. The summed E-state index contributed by atoms with van der Waals surface area (Å²) in [6.07, 6.45) is 1.89. The number of nitrogens with one attached hydrogen (secondary N) is 1. The summed E-state index contributed by atoms with van der Waals surface area (Å²) in [6.45, 7) is 6.90. The molecule has 11 heteroatoms. The van der Waals surface area contributed by atoms with Gasteiger partial charge < -0.3 is 5.32 Å². The molecule has 188 valence electrons. The molecule has 0 radical (unpaired) electrons. The summed E-state index contributed by atoms with van der Waals surface area (Å²) in [6, 6.07) is 11.6. The molecule has 0 saturated carbocycles. The van der Waals surface area contributed by atoms with E-state index in [9.17, 15) is 13.2 Å². The van der Waals surface area contributed by atoms with Gasteiger partial charge in [-0.2, -0.15) is 14.1 Å². The van der Waals surface area contributed by atoms with E-state index in [-0.39, 0.29) is 10.8 Å². The van der Waals surface area contributed by atoms with Crippen molar-refractivity contribution < 1.29 is 13.2 Å². The Labute approximate surface area is 219 Å². The molecule has 1 aliphatic heterocycles. The highest BCUT2D eigenvalue weighted by Crippen LogP contribution is 2.34. The number of amides is 1. The number of rotatable bonds is 5. The fraction of sp³-hybridized carbons (Fsp3) is 0.320. The number of carbonyl (C=O) groups excluding carboxylic acids is 1. The number of thiazole rings is 1. The molecule has 1 N–H and O–H groups in total. The Morgan fingerprint density at radius 1 is 1.17 bits per heavy atom. The van der Waals surface area contributed by atoms with Gasteiger partial charge in [-0.1, -0.05) is 35.9 Å². The van der Waals surface area contributed by atoms with Gasteiger partial charge in [0.15, 0.2) is 0 Å². The van der Waals surface area contributed by atoms with E-state index >= 15 is 0 Å². The van der Waals surface area contributed by atoms with E-state index in [1.54, 1.807) is 10.7 Å². The number of anilines is 1. The number of nitrogens with zero attached hydrogens (tertiary/aromatic N) is 4. The van der Waals surface area contributed by atoms with Gasteiger partial charge in [0.25, 0.3) is 5.91 Å². The minimum atomic E-state index is -3.59. The molecule has 0 spiro atoms. The molecular formula is C25H26ClN5O3S2. The summed E-state index contributed by atoms with van der Waals surface area (Å²) in [7, 11) is -3.59. The van der Waals surface area contributed by atoms with Gasteiger partial charge in [0.2, 0.25) is 15.2 Å². The van der Waals surface area contributed by atoms with Crippen LogP contribution < -0.4 is 5.32 Å². The molecule has 1 atom stereocenters. The van der Waals surface area contributed by atoms with Gasteiger partial charge in [-0.3, -0.25) is 4.79 Å². The van der Waals surface area contributed by atoms with Crippen LogP contribution in [0.4, 0.5) is 5.82 Å². The first-order valence-corrected chi connectivity index (χ1v) is 14.3. The lowest BCUT2D eigenvalue weighted by molar-refractivity contribution is 0.102. The first kappa shape index (κ1) is 24.9. The minimum Gasteiger partial charge on any atom is -0.306 e. The molecule has 2 aromatic heterocycles. The highest BCUT2D eigenvalue weighted by Gasteiger charge is 2.28. The molecule has 0 aliphatic carbocycles. The number of aryl methyl sites for hydroxylation is 2. The topological polar surface area (TPSA) is 97.2 Å². The molecule has 2 aromatic carbocycles. The van der Waals surface area contributed by atoms with Crippen molar-refractivity contribution in [2.24, 2.45) is 5.92 Å². The fourth-order valence-electron chi connectivity index (χ4n) is 4.40. The van der Waals surface area contributed by atoms with Gasteiger partial charge in [0, 0.05) is 24.7 Å². The molecule has 36 heavy (non-hydrogen) atoms. The molecule has 1 saturated heterocycles. The van der Waals surface area contributed by atoms with Gasteiger partial charge in [-0.05, 0) is 68.5 Å². The van der Waals surface area contributed by atoms with Crippen molar-refractivity contribution in [2.75, 3.05) is 18.4 Å². The molecule has 1 fully saturated rings. The second-order valence-electron chi connectivity index (χ2n) is 9.21. The van der Waals surface area contributed by atoms with Crippen LogP contribution in [0, 0.1) is 19.8 Å². The number of benzene rings is 2. The third-order valence-electron chi connectivity index (χ3n) is 6.31. The Morgan fingerprint density at radius 3 is 2.61 bits per heavy atom. The van der Waals surface area contributed by atoms with Crippen LogP contribution in [-0.2, 0) is 10.0 Å². The van der Waals surface area contributed by atoms with Gasteiger partial charge >= 0.3 is 0 Å². The number of hydrogen-bond donors (Lipinski definition) is 1. The quantitative estimate of drug-likeness (QED) is 0.362. The lowest BCUT2D eigenvalue weighted by Crippen LogP contribution is -2.39. The summed E-state index contributed by atoms with van der Waals surface area (Å²) in [5.74, 6) is 0.425. The zero-order valence-corrected chi connectivity index (χ0v) is 22.5. The number of hydrogen-bond acceptors (Lipinski definition) is 6. The standard InChI is InChI=1S/C25H26ClN5O3S2/c1-15-5-4-12-30(14-15)36(33,34)19-9-7-18(8-10-19)24(32)27-21-13-17(3)29-31(21)25-28-22-16(2)6-11-20(26)23(22)35-25/h6-11,13,15H,4-5,12,14H2,1-3H3,(H,27,32). The molecule has 5 rings (SSSR count). The average molecular weight is 544 g/mol. The molecule has 3 heterocycles. The van der Waals surface area contributed by atoms with Crippen LogP contribution in [-0.4, -0.2) is 46.5 Å². The highest BCUT2D eigenvalue weighted by atomic mass is 35.5. The Bertz CT molecular complexity index is 1520. The van der Waals surface area contributed by atoms with Gasteiger partial charge in [-0.15, -0.1) is 0 Å². The van der Waals surface area contributed by atoms with Crippen molar-refractivity contribution in [2.45, 2.75) is 38.5 Å². The van der Waals surface area contributed by atoms with Crippen LogP contribution in [0.15, 0.2) is 47.4 Å². The van der Waals surface area contributed by atoms with E-state index in [1.807, 2.05) is 26.0 Å². The molecule has 1 amide bonds. The second-order valence-corrected chi connectivity index (χ2v) is 12.5. The van der Waals surface area contributed by atoms with Crippen LogP contribution >= 0.6 is 22.9 Å². The summed E-state index contributed by atoms with van der Waals surface area (Å²) in [5.41, 5.74) is 2.85. The molecule has 0 bridgehead atoms. The predicted octanol–water partition coefficient (Wildman–Crippen LogP) is 5.43. The van der Waals surface area contributed by atoms with Crippen LogP contribution in [0.2, 0.25) is 5.02 Å². The number of fused-ring (bicyclic) bond motifs is 1. The number of piperidine rings is 1. The Balaban J connectivity index is 1.39. The zero-order valence-electron chi connectivity index (χ0n) is 20.2. The van der Waals surface area contributed by atoms with Gasteiger partial charge in [-0.25, -0.2) is 13.4 Å². The molecule has 1 unspecified atom stereocenters. The number of halogens is 1. The van der Waals surface area contributed by atoms with Crippen LogP contribution in [0.5, 0.6) is 0 Å². The maximum atomic E-state index is 13.0. The van der Waals surface area contributed by atoms with E-state index in [4.69, 9.17) is 16.6 Å². The van der Waals surface area contributed by atoms with E-state index in [2.05, 4.69) is 17.3 Å². The first-order chi connectivity index (χ1) is 17.1. The van der Waals surface area contributed by atoms with Crippen molar-refractivity contribution in [3.05, 3.63) is 64.3 Å². The SMILES string of the molecule is Cc1cc(NC(=O)c2ccc(S(=O)(=O)N3CCCC(C)C3)cc2)n(-c2nc3c(C)ccc(Cl)c3s2)n1. The molecule has 1 aliphatic rings. The highest BCUT2D eigenvalue weighted by molar-refractivity contribution is 7.89. The smallest absolute Gasteiger partial charge is 0.256 e. The third-order valence-corrected chi connectivity index (χ3v) is 9.68. The Morgan fingerprint density at radius 2 is 1.92 bits per heavy atom. The van der Waals surface area contributed by atoms with Crippen LogP contribution in [0.1, 0.15) is 41.4 Å². The van der Waals surface area contributed by atoms with E-state index < -0.39 is 10.0 Å². The number of sulfonamides is 1. The van der Waals surface area contributed by atoms with E-state index in [0.29, 0.717) is 46.2 Å². The van der Waals surface area contributed by atoms with Crippen molar-refractivity contribution in [1.82, 2.24) is 19.1 Å². The van der Waals surface area contributed by atoms with Crippen LogP contribution in [0.3, 0.4) is 0 Å². The monoisotopic (exact) mass is 543 g/mol. The van der Waals surface area contributed by atoms with Crippen molar-refractivity contribution in [3.8, 4) is 5.13 Å². The first-order valence-electron chi connectivity index (χ1n) is 11.7. The van der Waals surface area contributed by atoms with Crippen molar-refractivity contribution in [3.63, 3.8) is 0 Å². The maximum Gasteiger partial charge on any atom is 0.256 e. The van der Waals surface area contributed by atoms with E-state index in [1.165, 1.54) is 39.9 Å². The summed E-state index contributed by atoms with van der Waals surface area (Å²) in [5, 5.41) is 8.59. The lowest BCUT2D eigenvalue weighted by Gasteiger charge is -2.30. The largest absolute Gasteiger partial charge is 0.306 e. The van der Waals surface area contributed by atoms with Crippen molar-refractivity contribution >= 4 is 54.9 Å². The van der Waals surface area contributed by atoms with E-state index in [0.717, 1.165) is 28.6 Å². The molecular weight excluding hydrogens is 518 g/mol. The fourth-order valence-corrected chi connectivity index (χ4v) is 7.28. The average Bonchev–Trinajstić information content (AvgIpc) is 3.46. The lowest BCUT2D eigenvalue weighted by atomic mass is 10.0. The number of carbonyl (C=O) groups is 1. The third kappa shape index (κ3) is 4.66. The zero-order chi connectivity index (χ0) is 25.6. The van der Waals surface area contributed by atoms with Crippen molar-refractivity contribution in [1.29, 1.82) is 0 Å².